The van der Waals surface area contributed by atoms with Crippen molar-refractivity contribution in [1.82, 2.24) is 0 Å². The second-order valence-corrected chi connectivity index (χ2v) is 2.19. The van der Waals surface area contributed by atoms with Crippen molar-refractivity contribution in [3.8, 4) is 0 Å². The average Bonchev–Trinajstić information content (AvgIpc) is 2.06. The van der Waals surface area contributed by atoms with E-state index in [1.54, 1.807) is 30.3 Å². The Kier molecular flexibility index (Phi) is 5.13. The number of hydrogen-bond donors (Lipinski definition) is 0. The van der Waals surface area contributed by atoms with Crippen molar-refractivity contribution in [2.24, 2.45) is 0 Å². The van der Waals surface area contributed by atoms with Gasteiger partial charge in [0.2, 0.25) is 0 Å². The van der Waals surface area contributed by atoms with Crippen LogP contribution in [0.5, 0.6) is 0 Å². The maximum Gasteiger partial charge on any atom is 1.00 e. The van der Waals surface area contributed by atoms with Crippen LogP contribution in [0.3, 0.4) is 0 Å². The van der Waals surface area contributed by atoms with E-state index in [0.29, 0.717) is 5.56 Å². The minimum absolute atomic E-state index is 0. The van der Waals surface area contributed by atoms with Crippen molar-refractivity contribution < 1.29 is 33.2 Å². The number of hydrogen-bond acceptors (Lipinski definition) is 2. The van der Waals surface area contributed by atoms with Gasteiger partial charge >= 0.3 is 18.9 Å². The van der Waals surface area contributed by atoms with E-state index in [4.69, 9.17) is 0 Å². The maximum absolute atomic E-state index is 12.4. The predicted octanol–water partition coefficient (Wildman–Crippen LogP) is -2.25. The first-order valence-electron chi connectivity index (χ1n) is 3.34. The third-order valence-corrected chi connectivity index (χ3v) is 1.29. The summed E-state index contributed by atoms with van der Waals surface area (Å²) in [6.45, 7) is 0. The Morgan fingerprint density at radius 1 is 1.31 bits per heavy atom. The van der Waals surface area contributed by atoms with Crippen molar-refractivity contribution in [3.05, 3.63) is 41.7 Å². The molecule has 62 valence electrons. The third kappa shape index (κ3) is 3.93. The van der Waals surface area contributed by atoms with E-state index in [1.165, 1.54) is 0 Å². The van der Waals surface area contributed by atoms with Crippen molar-refractivity contribution in [2.45, 2.75) is 0 Å². The molecule has 1 aromatic rings. The average molecular weight is 172 g/mol. The number of carbonyl (C=O) groups is 1. The van der Waals surface area contributed by atoms with Crippen LogP contribution in [0, 0.1) is 0 Å². The van der Waals surface area contributed by atoms with Gasteiger partial charge in [0.25, 0.3) is 0 Å². The molecule has 0 heterocycles. The fourth-order valence-electron chi connectivity index (χ4n) is 0.755. The van der Waals surface area contributed by atoms with Gasteiger partial charge in [0, 0.05) is 0 Å². The molecule has 0 N–H and O–H groups in total. The van der Waals surface area contributed by atoms with E-state index >= 15 is 0 Å². The van der Waals surface area contributed by atoms with Gasteiger partial charge < -0.3 is 9.90 Å². The first-order chi connectivity index (χ1) is 5.70. The van der Waals surface area contributed by atoms with E-state index in [-0.39, 0.29) is 18.9 Å². The van der Waals surface area contributed by atoms with E-state index in [9.17, 15) is 14.3 Å². The van der Waals surface area contributed by atoms with E-state index in [1.807, 2.05) is 0 Å². The maximum atomic E-state index is 12.4. The van der Waals surface area contributed by atoms with Gasteiger partial charge in [-0.3, -0.25) is 0 Å². The summed E-state index contributed by atoms with van der Waals surface area (Å²) >= 11 is 0. The zero-order valence-electron chi connectivity index (χ0n) is 7.16. The Balaban J connectivity index is 0.00000144. The Bertz CT molecular complexity index is 309. The molecular formula is C9H6FLiO2. The second kappa shape index (κ2) is 5.58. The Morgan fingerprint density at radius 2 is 1.85 bits per heavy atom. The summed E-state index contributed by atoms with van der Waals surface area (Å²) in [7, 11) is 0. The number of benzene rings is 1. The third-order valence-electron chi connectivity index (χ3n) is 1.29. The van der Waals surface area contributed by atoms with Gasteiger partial charge in [-0.1, -0.05) is 30.3 Å². The standard InChI is InChI=1S/C9H7FO2.Li/c10-8(9(11)12)6-7-4-2-1-3-5-7;/h1-6H,(H,11,12);/q;+1/p-1/b8-6-;. The molecule has 0 radical (unpaired) electrons. The predicted molar refractivity (Wildman–Crippen MR) is 40.5 cm³/mol. The Hall–Kier alpha value is -1.04. The molecule has 1 rings (SSSR count). The van der Waals surface area contributed by atoms with Gasteiger partial charge in [-0.05, 0) is 11.6 Å². The van der Waals surface area contributed by atoms with Gasteiger partial charge in [-0.25, -0.2) is 4.39 Å². The fourth-order valence-corrected chi connectivity index (χ4v) is 0.755. The summed E-state index contributed by atoms with van der Waals surface area (Å²) in [6.07, 6.45) is 0.912. The molecule has 0 aliphatic heterocycles. The molecule has 4 heteroatoms. The smallest absolute Gasteiger partial charge is 0.542 e. The van der Waals surface area contributed by atoms with Crippen LogP contribution in [0.15, 0.2) is 36.2 Å². The largest absolute Gasteiger partial charge is 1.00 e. The van der Waals surface area contributed by atoms with Crippen LogP contribution in [-0.4, -0.2) is 5.97 Å². The SMILES string of the molecule is O=C([O-])/C(F)=C/c1ccccc1.[Li+]. The zero-order valence-corrected chi connectivity index (χ0v) is 7.16. The second-order valence-electron chi connectivity index (χ2n) is 2.19. The molecule has 1 aromatic carbocycles. The first-order valence-corrected chi connectivity index (χ1v) is 3.34. The molecule has 0 spiro atoms. The minimum atomic E-state index is -1.79. The summed E-state index contributed by atoms with van der Waals surface area (Å²) in [4.78, 5) is 9.95. The minimum Gasteiger partial charge on any atom is -0.542 e. The normalized spacial score (nSPS) is 10.4. The van der Waals surface area contributed by atoms with E-state index < -0.39 is 11.8 Å². The molecule has 0 bridgehead atoms. The van der Waals surface area contributed by atoms with Crippen LogP contribution < -0.4 is 24.0 Å². The topological polar surface area (TPSA) is 40.1 Å². The molecule has 0 fully saturated rings. The van der Waals surface area contributed by atoms with Gasteiger partial charge in [0.1, 0.15) is 11.8 Å². The molecule has 0 amide bonds. The molecule has 0 saturated carbocycles. The molecular weight excluding hydrogens is 166 g/mol. The number of carbonyl (C=O) groups excluding carboxylic acids is 1. The summed E-state index contributed by atoms with van der Waals surface area (Å²) in [6, 6.07) is 8.34. The molecule has 0 unspecified atom stereocenters. The van der Waals surface area contributed by atoms with Crippen molar-refractivity contribution in [3.63, 3.8) is 0 Å². The van der Waals surface area contributed by atoms with Gasteiger partial charge in [-0.15, -0.1) is 0 Å². The monoisotopic (exact) mass is 172 g/mol. The molecule has 0 aliphatic rings. The summed E-state index contributed by atoms with van der Waals surface area (Å²) in [5.74, 6) is -3.06. The summed E-state index contributed by atoms with van der Waals surface area (Å²) in [5, 5.41) is 9.95. The zero-order chi connectivity index (χ0) is 8.97. The van der Waals surface area contributed by atoms with Crippen LogP contribution >= 0.6 is 0 Å². The molecule has 0 aliphatic carbocycles. The molecule has 0 aromatic heterocycles. The number of halogens is 1. The number of aliphatic carboxylic acids is 1. The van der Waals surface area contributed by atoms with Crippen LogP contribution in [0.1, 0.15) is 5.56 Å². The van der Waals surface area contributed by atoms with Gasteiger partial charge in [0.15, 0.2) is 0 Å². The first kappa shape index (κ1) is 12.0. The van der Waals surface area contributed by atoms with Crippen LogP contribution in [0.25, 0.3) is 6.08 Å². The van der Waals surface area contributed by atoms with Crippen molar-refractivity contribution >= 4 is 12.0 Å². The fraction of sp³-hybridized carbons (Fsp3) is 0. The van der Waals surface area contributed by atoms with Crippen molar-refractivity contribution in [2.75, 3.05) is 0 Å². The summed E-state index contributed by atoms with van der Waals surface area (Å²) in [5.41, 5.74) is 0.499. The van der Waals surface area contributed by atoms with Crippen LogP contribution in [0.2, 0.25) is 0 Å². The Labute approximate surface area is 87.3 Å². The van der Waals surface area contributed by atoms with E-state index in [0.717, 1.165) is 6.08 Å². The molecule has 2 nitrogen and oxygen atoms in total. The number of carboxylic acid groups (broad SMARTS) is 1. The number of carboxylic acids is 1. The van der Waals surface area contributed by atoms with Crippen LogP contribution in [-0.2, 0) is 4.79 Å². The van der Waals surface area contributed by atoms with Gasteiger partial charge in [-0.2, -0.15) is 0 Å². The Morgan fingerprint density at radius 3 is 2.31 bits per heavy atom. The quantitative estimate of drug-likeness (QED) is 0.373. The number of rotatable bonds is 2. The molecule has 13 heavy (non-hydrogen) atoms. The van der Waals surface area contributed by atoms with Crippen LogP contribution in [0.4, 0.5) is 4.39 Å². The van der Waals surface area contributed by atoms with Crippen molar-refractivity contribution in [1.29, 1.82) is 0 Å². The van der Waals surface area contributed by atoms with E-state index in [2.05, 4.69) is 0 Å². The molecule has 0 saturated heterocycles. The van der Waals surface area contributed by atoms with Gasteiger partial charge in [0.05, 0.1) is 0 Å². The molecule has 0 atom stereocenters. The summed E-state index contributed by atoms with van der Waals surface area (Å²) < 4.78 is 12.4.